The number of carbonyl (C=O) groups excluding carboxylic acids is 1. The molecule has 0 amide bonds. The molecule has 23 heavy (non-hydrogen) atoms. The molecule has 1 saturated carbocycles. The van der Waals surface area contributed by atoms with Crippen molar-refractivity contribution in [2.24, 2.45) is 0 Å². The molecule has 2 aromatic rings. The highest BCUT2D eigenvalue weighted by atomic mass is 16.5. The van der Waals surface area contributed by atoms with Gasteiger partial charge in [-0.05, 0) is 50.7 Å². The standard InChI is InChI=1S/C19H23NO3/c1-13-7-6-10-16-14(2)11-17(21)20(19(13)16)12-18(22)23-15-8-4-3-5-9-15/h6-7,10-11,15H,3-5,8-9,12H2,1-2H3. The molecule has 4 heteroatoms. The number of fused-ring (bicyclic) bond motifs is 1. The molecule has 1 heterocycles. The Hall–Kier alpha value is -2.10. The van der Waals surface area contributed by atoms with Crippen molar-refractivity contribution in [1.29, 1.82) is 0 Å². The highest BCUT2D eigenvalue weighted by molar-refractivity contribution is 5.86. The van der Waals surface area contributed by atoms with Crippen LogP contribution < -0.4 is 5.56 Å². The minimum Gasteiger partial charge on any atom is -0.461 e. The molecule has 1 aliphatic rings. The van der Waals surface area contributed by atoms with Crippen molar-refractivity contribution in [2.75, 3.05) is 0 Å². The third-order valence-electron chi connectivity index (χ3n) is 4.68. The largest absolute Gasteiger partial charge is 0.461 e. The van der Waals surface area contributed by atoms with E-state index in [0.717, 1.165) is 47.7 Å². The molecule has 4 nitrogen and oxygen atoms in total. The maximum Gasteiger partial charge on any atom is 0.326 e. The zero-order chi connectivity index (χ0) is 16.4. The van der Waals surface area contributed by atoms with Crippen LogP contribution in [0.15, 0.2) is 29.1 Å². The van der Waals surface area contributed by atoms with Gasteiger partial charge in [0.15, 0.2) is 0 Å². The number of hydrogen-bond acceptors (Lipinski definition) is 3. The molecule has 1 aromatic heterocycles. The molecule has 0 radical (unpaired) electrons. The van der Waals surface area contributed by atoms with Crippen LogP contribution in [0, 0.1) is 13.8 Å². The molecule has 1 aromatic carbocycles. The summed E-state index contributed by atoms with van der Waals surface area (Å²) in [5, 5.41) is 1.01. The van der Waals surface area contributed by atoms with Crippen LogP contribution >= 0.6 is 0 Å². The molecule has 3 rings (SSSR count). The van der Waals surface area contributed by atoms with E-state index in [2.05, 4.69) is 0 Å². The number of benzene rings is 1. The maximum atomic E-state index is 12.4. The summed E-state index contributed by atoms with van der Waals surface area (Å²) in [7, 11) is 0. The number of nitrogens with zero attached hydrogens (tertiary/aromatic N) is 1. The summed E-state index contributed by atoms with van der Waals surface area (Å²) in [5.41, 5.74) is 2.61. The van der Waals surface area contributed by atoms with Crippen LogP contribution in [0.5, 0.6) is 0 Å². The summed E-state index contributed by atoms with van der Waals surface area (Å²) in [6, 6.07) is 7.51. The summed E-state index contributed by atoms with van der Waals surface area (Å²) in [6.45, 7) is 3.87. The Balaban J connectivity index is 1.90. The fraction of sp³-hybridized carbons (Fsp3) is 0.474. The number of aromatic nitrogens is 1. The van der Waals surface area contributed by atoms with Crippen molar-refractivity contribution in [3.63, 3.8) is 0 Å². The van der Waals surface area contributed by atoms with Gasteiger partial charge in [0.25, 0.3) is 5.56 Å². The van der Waals surface area contributed by atoms with Crippen LogP contribution in [0.2, 0.25) is 0 Å². The van der Waals surface area contributed by atoms with Gasteiger partial charge in [0.2, 0.25) is 0 Å². The van der Waals surface area contributed by atoms with E-state index in [-0.39, 0.29) is 24.2 Å². The number of pyridine rings is 1. The maximum absolute atomic E-state index is 12.4. The van der Waals surface area contributed by atoms with Gasteiger partial charge in [-0.25, -0.2) is 0 Å². The SMILES string of the molecule is Cc1cc(=O)n(CC(=O)OC2CCCCC2)c2c(C)cccc12. The quantitative estimate of drug-likeness (QED) is 0.815. The van der Waals surface area contributed by atoms with Crippen LogP contribution in [0.25, 0.3) is 10.9 Å². The molecule has 0 aliphatic heterocycles. The summed E-state index contributed by atoms with van der Waals surface area (Å²) < 4.78 is 7.12. The lowest BCUT2D eigenvalue weighted by Crippen LogP contribution is -2.29. The summed E-state index contributed by atoms with van der Waals surface area (Å²) in [4.78, 5) is 24.7. The van der Waals surface area contributed by atoms with Crippen LogP contribution in [-0.2, 0) is 16.1 Å². The monoisotopic (exact) mass is 313 g/mol. The number of esters is 1. The lowest BCUT2D eigenvalue weighted by atomic mass is 9.98. The third-order valence-corrected chi connectivity index (χ3v) is 4.68. The van der Waals surface area contributed by atoms with Crippen LogP contribution in [0.1, 0.15) is 43.2 Å². The van der Waals surface area contributed by atoms with E-state index in [9.17, 15) is 9.59 Å². The van der Waals surface area contributed by atoms with Crippen molar-refractivity contribution in [3.05, 3.63) is 45.7 Å². The zero-order valence-electron chi connectivity index (χ0n) is 13.8. The normalized spacial score (nSPS) is 15.7. The smallest absolute Gasteiger partial charge is 0.326 e. The van der Waals surface area contributed by atoms with Gasteiger partial charge in [0.1, 0.15) is 12.6 Å². The first-order valence-electron chi connectivity index (χ1n) is 8.35. The lowest BCUT2D eigenvalue weighted by molar-refractivity contribution is -0.151. The number of rotatable bonds is 3. The van der Waals surface area contributed by atoms with Crippen molar-refractivity contribution in [1.82, 2.24) is 4.57 Å². The van der Waals surface area contributed by atoms with E-state index in [1.807, 2.05) is 32.0 Å². The van der Waals surface area contributed by atoms with Gasteiger partial charge in [-0.15, -0.1) is 0 Å². The lowest BCUT2D eigenvalue weighted by Gasteiger charge is -2.22. The summed E-state index contributed by atoms with van der Waals surface area (Å²) >= 11 is 0. The first kappa shape index (κ1) is 15.8. The minimum atomic E-state index is -0.313. The number of hydrogen-bond donors (Lipinski definition) is 0. The molecule has 0 bridgehead atoms. The van der Waals surface area contributed by atoms with Gasteiger partial charge in [-0.3, -0.25) is 14.2 Å². The highest BCUT2D eigenvalue weighted by Gasteiger charge is 2.19. The molecule has 0 saturated heterocycles. The molecular formula is C19H23NO3. The molecular weight excluding hydrogens is 290 g/mol. The topological polar surface area (TPSA) is 48.3 Å². The van der Waals surface area contributed by atoms with E-state index < -0.39 is 0 Å². The molecule has 0 atom stereocenters. The fourth-order valence-electron chi connectivity index (χ4n) is 3.48. The number of ether oxygens (including phenoxy) is 1. The van der Waals surface area contributed by atoms with Gasteiger partial charge in [-0.1, -0.05) is 24.6 Å². The van der Waals surface area contributed by atoms with E-state index in [1.54, 1.807) is 10.6 Å². The Morgan fingerprint density at radius 2 is 1.91 bits per heavy atom. The first-order chi connectivity index (χ1) is 11.1. The van der Waals surface area contributed by atoms with Crippen molar-refractivity contribution in [2.45, 2.75) is 58.6 Å². The van der Waals surface area contributed by atoms with E-state index in [0.29, 0.717) is 0 Å². The van der Waals surface area contributed by atoms with Crippen molar-refractivity contribution >= 4 is 16.9 Å². The Morgan fingerprint density at radius 1 is 1.17 bits per heavy atom. The fourth-order valence-corrected chi connectivity index (χ4v) is 3.48. The molecule has 1 fully saturated rings. The summed E-state index contributed by atoms with van der Waals surface area (Å²) in [5.74, 6) is -0.313. The van der Waals surface area contributed by atoms with Crippen molar-refractivity contribution in [3.8, 4) is 0 Å². The van der Waals surface area contributed by atoms with Gasteiger partial charge in [0.05, 0.1) is 5.52 Å². The predicted molar refractivity (Wildman–Crippen MR) is 90.6 cm³/mol. The van der Waals surface area contributed by atoms with E-state index in [1.165, 1.54) is 6.42 Å². The Bertz CT molecular complexity index is 785. The molecule has 122 valence electrons. The second-order valence-electron chi connectivity index (χ2n) is 6.47. The van der Waals surface area contributed by atoms with Gasteiger partial charge >= 0.3 is 5.97 Å². The molecule has 0 unspecified atom stereocenters. The Morgan fingerprint density at radius 3 is 2.65 bits per heavy atom. The first-order valence-corrected chi connectivity index (χ1v) is 8.35. The molecule has 1 aliphatic carbocycles. The molecule has 0 spiro atoms. The second kappa shape index (κ2) is 6.57. The Labute approximate surface area is 136 Å². The van der Waals surface area contributed by atoms with E-state index >= 15 is 0 Å². The number of aryl methyl sites for hydroxylation is 2. The number of carbonyl (C=O) groups is 1. The van der Waals surface area contributed by atoms with Gasteiger partial charge < -0.3 is 4.74 Å². The average molecular weight is 313 g/mol. The highest BCUT2D eigenvalue weighted by Crippen LogP contribution is 2.22. The van der Waals surface area contributed by atoms with Gasteiger partial charge in [0, 0.05) is 11.5 Å². The molecule has 0 N–H and O–H groups in total. The van der Waals surface area contributed by atoms with Gasteiger partial charge in [-0.2, -0.15) is 0 Å². The second-order valence-corrected chi connectivity index (χ2v) is 6.47. The average Bonchev–Trinajstić information content (AvgIpc) is 2.52. The van der Waals surface area contributed by atoms with Crippen LogP contribution in [-0.4, -0.2) is 16.6 Å². The van der Waals surface area contributed by atoms with Crippen LogP contribution in [0.3, 0.4) is 0 Å². The minimum absolute atomic E-state index is 0.0169. The van der Waals surface area contributed by atoms with Crippen LogP contribution in [0.4, 0.5) is 0 Å². The van der Waals surface area contributed by atoms with Crippen molar-refractivity contribution < 1.29 is 9.53 Å². The number of para-hydroxylation sites is 1. The predicted octanol–water partition coefficient (Wildman–Crippen LogP) is 3.49. The Kier molecular flexibility index (Phi) is 4.51. The zero-order valence-corrected chi connectivity index (χ0v) is 13.8. The third kappa shape index (κ3) is 3.31. The summed E-state index contributed by atoms with van der Waals surface area (Å²) in [6.07, 6.45) is 5.34. The van der Waals surface area contributed by atoms with E-state index in [4.69, 9.17) is 4.74 Å².